The van der Waals surface area contributed by atoms with E-state index in [-0.39, 0.29) is 11.3 Å². The molecule has 2 rings (SSSR count). The van der Waals surface area contributed by atoms with Gasteiger partial charge in [-0.3, -0.25) is 4.79 Å². The second-order valence-electron chi connectivity index (χ2n) is 5.87. The number of ketones is 1. The fraction of sp³-hybridized carbons (Fsp3) is 0.316. The summed E-state index contributed by atoms with van der Waals surface area (Å²) in [5, 5.41) is 0. The van der Waals surface area contributed by atoms with E-state index in [0.717, 1.165) is 0 Å². The normalized spacial score (nSPS) is 11.6. The predicted molar refractivity (Wildman–Crippen MR) is 102 cm³/mol. The highest BCUT2D eigenvalue weighted by Crippen LogP contribution is 2.25. The van der Waals surface area contributed by atoms with Crippen molar-refractivity contribution < 1.29 is 28.6 Å². The van der Waals surface area contributed by atoms with Gasteiger partial charge in [0.25, 0.3) is 0 Å². The Morgan fingerprint density at radius 2 is 1.78 bits per heavy atom. The van der Waals surface area contributed by atoms with Gasteiger partial charge >= 0.3 is 11.9 Å². The number of aryl methyl sites for hydroxylation is 1. The lowest BCUT2D eigenvalue weighted by molar-refractivity contribution is 0.0315. The number of carbonyl (C=O) groups excluding carboxylic acids is 3. The quantitative estimate of drug-likeness (QED) is 0.547. The maximum atomic E-state index is 12.7. The molecule has 0 amide bonds. The fourth-order valence-electron chi connectivity index (χ4n) is 2.67. The van der Waals surface area contributed by atoms with Gasteiger partial charge in [0.15, 0.2) is 6.10 Å². The van der Waals surface area contributed by atoms with E-state index in [9.17, 15) is 14.4 Å². The van der Waals surface area contributed by atoms with Crippen LogP contribution >= 0.6 is 15.9 Å². The summed E-state index contributed by atoms with van der Waals surface area (Å²) in [6.45, 7) is 4.78. The average molecular weight is 438 g/mol. The smallest absolute Gasteiger partial charge is 0.340 e. The zero-order chi connectivity index (χ0) is 20.3. The molecule has 0 fully saturated rings. The molecule has 8 heteroatoms. The Morgan fingerprint density at radius 3 is 2.37 bits per heavy atom. The first-order valence-corrected chi connectivity index (χ1v) is 8.86. The Hall–Kier alpha value is -2.61. The van der Waals surface area contributed by atoms with Gasteiger partial charge in [-0.05, 0) is 60.5 Å². The van der Waals surface area contributed by atoms with Crippen molar-refractivity contribution in [3.05, 3.63) is 50.8 Å². The van der Waals surface area contributed by atoms with Crippen LogP contribution in [0.3, 0.4) is 0 Å². The molecule has 1 heterocycles. The molecule has 0 aliphatic carbocycles. The van der Waals surface area contributed by atoms with Crippen molar-refractivity contribution in [3.63, 3.8) is 0 Å². The van der Waals surface area contributed by atoms with Crippen molar-refractivity contribution in [2.45, 2.75) is 26.9 Å². The summed E-state index contributed by atoms with van der Waals surface area (Å²) in [5.41, 5.74) is 1.71. The topological polar surface area (TPSA) is 94.7 Å². The molecule has 0 saturated heterocycles. The van der Waals surface area contributed by atoms with Crippen LogP contribution in [-0.4, -0.2) is 43.0 Å². The Morgan fingerprint density at radius 1 is 1.11 bits per heavy atom. The lowest BCUT2D eigenvalue weighted by Crippen LogP contribution is -2.25. The lowest BCUT2D eigenvalue weighted by atomic mass is 10.1. The number of aromatic amines is 1. The summed E-state index contributed by atoms with van der Waals surface area (Å²) in [6, 6.07) is 4.86. The lowest BCUT2D eigenvalue weighted by Gasteiger charge is -2.13. The molecule has 27 heavy (non-hydrogen) atoms. The van der Waals surface area contributed by atoms with Gasteiger partial charge in [-0.15, -0.1) is 0 Å². The number of esters is 2. The third-order valence-electron chi connectivity index (χ3n) is 4.12. The number of aromatic nitrogens is 1. The van der Waals surface area contributed by atoms with Crippen LogP contribution in [0.4, 0.5) is 0 Å². The molecule has 1 aromatic heterocycles. The van der Waals surface area contributed by atoms with E-state index in [1.54, 1.807) is 26.0 Å². The van der Waals surface area contributed by atoms with E-state index >= 15 is 0 Å². The molecular weight excluding hydrogens is 418 g/mol. The molecule has 0 spiro atoms. The molecule has 0 bridgehead atoms. The van der Waals surface area contributed by atoms with Gasteiger partial charge in [0.05, 0.1) is 31.0 Å². The number of hydrogen-bond acceptors (Lipinski definition) is 6. The van der Waals surface area contributed by atoms with Gasteiger partial charge in [-0.1, -0.05) is 0 Å². The van der Waals surface area contributed by atoms with Crippen LogP contribution in [0.2, 0.25) is 0 Å². The number of carbonyl (C=O) groups is 3. The third kappa shape index (κ3) is 4.21. The van der Waals surface area contributed by atoms with Crippen LogP contribution in [0.15, 0.2) is 22.7 Å². The summed E-state index contributed by atoms with van der Waals surface area (Å²) in [5.74, 6) is -1.16. The number of hydrogen-bond donors (Lipinski definition) is 1. The van der Waals surface area contributed by atoms with E-state index in [1.165, 1.54) is 27.2 Å². The number of methoxy groups -OCH3 is 2. The number of nitrogens with one attached hydrogen (secondary N) is 1. The monoisotopic (exact) mass is 437 g/mol. The molecule has 1 N–H and O–H groups in total. The highest BCUT2D eigenvalue weighted by Gasteiger charge is 2.28. The van der Waals surface area contributed by atoms with E-state index in [2.05, 4.69) is 20.9 Å². The minimum Gasteiger partial charge on any atom is -0.497 e. The molecule has 7 nitrogen and oxygen atoms in total. The van der Waals surface area contributed by atoms with Gasteiger partial charge in [0, 0.05) is 10.2 Å². The van der Waals surface area contributed by atoms with E-state index < -0.39 is 23.8 Å². The molecule has 1 atom stereocenters. The molecule has 0 radical (unpaired) electrons. The molecule has 2 aromatic rings. The van der Waals surface area contributed by atoms with E-state index in [4.69, 9.17) is 14.2 Å². The van der Waals surface area contributed by atoms with Gasteiger partial charge in [0.1, 0.15) is 5.75 Å². The zero-order valence-electron chi connectivity index (χ0n) is 15.6. The van der Waals surface area contributed by atoms with Crippen LogP contribution < -0.4 is 4.74 Å². The van der Waals surface area contributed by atoms with Crippen molar-refractivity contribution in [1.29, 1.82) is 0 Å². The highest BCUT2D eigenvalue weighted by atomic mass is 79.9. The second-order valence-corrected chi connectivity index (χ2v) is 6.73. The van der Waals surface area contributed by atoms with Crippen molar-refractivity contribution in [2.75, 3.05) is 14.2 Å². The first kappa shape index (κ1) is 20.7. The number of H-pyrrole nitrogens is 1. The van der Waals surface area contributed by atoms with Gasteiger partial charge in [-0.2, -0.15) is 0 Å². The fourth-order valence-corrected chi connectivity index (χ4v) is 3.08. The number of benzene rings is 1. The minimum atomic E-state index is -1.06. The van der Waals surface area contributed by atoms with Crippen LogP contribution in [0.25, 0.3) is 0 Å². The second kappa shape index (κ2) is 8.39. The predicted octanol–water partition coefficient (Wildman–Crippen LogP) is 3.62. The third-order valence-corrected chi connectivity index (χ3v) is 4.81. The summed E-state index contributed by atoms with van der Waals surface area (Å²) in [6.07, 6.45) is -1.06. The largest absolute Gasteiger partial charge is 0.497 e. The first-order valence-electron chi connectivity index (χ1n) is 8.07. The summed E-state index contributed by atoms with van der Waals surface area (Å²) in [4.78, 5) is 39.9. The Kier molecular flexibility index (Phi) is 6.43. The van der Waals surface area contributed by atoms with E-state index in [0.29, 0.717) is 27.0 Å². The van der Waals surface area contributed by atoms with Crippen molar-refractivity contribution in [1.82, 2.24) is 4.98 Å². The van der Waals surface area contributed by atoms with Crippen LogP contribution in [0.5, 0.6) is 5.75 Å². The van der Waals surface area contributed by atoms with Gasteiger partial charge < -0.3 is 19.2 Å². The van der Waals surface area contributed by atoms with Crippen LogP contribution in [0.1, 0.15) is 49.4 Å². The molecule has 0 aliphatic heterocycles. The van der Waals surface area contributed by atoms with Crippen molar-refractivity contribution in [2.24, 2.45) is 0 Å². The SMILES string of the molecule is COC(=O)c1c(C)[nH]c(C(=O)C(C)OC(=O)c2cc(OC)ccc2Br)c1C. The molecule has 0 aliphatic rings. The number of ether oxygens (including phenoxy) is 3. The molecule has 1 unspecified atom stereocenters. The molecule has 144 valence electrons. The molecule has 1 aromatic carbocycles. The Balaban J connectivity index is 2.24. The molecule has 0 saturated carbocycles. The Bertz CT molecular complexity index is 902. The summed E-state index contributed by atoms with van der Waals surface area (Å²) in [7, 11) is 2.76. The first-order chi connectivity index (χ1) is 12.7. The zero-order valence-corrected chi connectivity index (χ0v) is 17.2. The number of halogens is 1. The number of rotatable bonds is 6. The minimum absolute atomic E-state index is 0.206. The highest BCUT2D eigenvalue weighted by molar-refractivity contribution is 9.10. The standard InChI is InChI=1S/C19H20BrNO6/c1-9-15(19(24)26-5)10(2)21-16(9)17(22)11(3)27-18(23)13-8-12(25-4)6-7-14(13)20/h6-8,11,21H,1-5H3. The summed E-state index contributed by atoms with van der Waals surface area (Å²) < 4.78 is 15.7. The summed E-state index contributed by atoms with van der Waals surface area (Å²) >= 11 is 3.28. The van der Waals surface area contributed by atoms with Gasteiger partial charge in [-0.25, -0.2) is 9.59 Å². The molecular formula is C19H20BrNO6. The van der Waals surface area contributed by atoms with E-state index in [1.807, 2.05) is 0 Å². The maximum absolute atomic E-state index is 12.7. The van der Waals surface area contributed by atoms with Crippen LogP contribution in [0, 0.1) is 13.8 Å². The number of Topliss-reactive ketones (excluding diaryl/α,β-unsaturated/α-hetero) is 1. The van der Waals surface area contributed by atoms with Crippen molar-refractivity contribution >= 4 is 33.7 Å². The Labute approximate surface area is 165 Å². The van der Waals surface area contributed by atoms with Gasteiger partial charge in [0.2, 0.25) is 5.78 Å². The van der Waals surface area contributed by atoms with Crippen molar-refractivity contribution in [3.8, 4) is 5.75 Å². The van der Waals surface area contributed by atoms with Crippen LogP contribution in [-0.2, 0) is 9.47 Å². The average Bonchev–Trinajstić information content (AvgIpc) is 2.94. The maximum Gasteiger partial charge on any atom is 0.340 e.